The highest BCUT2D eigenvalue weighted by Crippen LogP contribution is 2.36. The second-order valence-corrected chi connectivity index (χ2v) is 15.5. The number of halogens is 1. The molecule has 5 heterocycles. The van der Waals surface area contributed by atoms with Crippen molar-refractivity contribution in [3.63, 3.8) is 0 Å². The lowest BCUT2D eigenvalue weighted by Gasteiger charge is -2.50. The summed E-state index contributed by atoms with van der Waals surface area (Å²) in [5.41, 5.74) is 0. The highest BCUT2D eigenvalue weighted by Gasteiger charge is 2.57. The average molecular weight is 935 g/mol. The van der Waals surface area contributed by atoms with E-state index >= 15 is 0 Å². The number of hydrogen-bond donors (Lipinski definition) is 16. The Morgan fingerprint density at radius 3 is 1.11 bits per heavy atom. The lowest BCUT2D eigenvalue weighted by Crippen LogP contribution is -2.68. The Morgan fingerprint density at radius 1 is 0.323 bits per heavy atom. The molecule has 0 radical (unpaired) electrons. The highest BCUT2D eigenvalue weighted by atomic mass is 35.5. The number of aliphatic hydroxyl groups excluding tert-OH is 16. The molecule has 0 aromatic rings. The summed E-state index contributed by atoms with van der Waals surface area (Å²) in [6.45, 7) is -4.54. The molecule has 0 spiro atoms. The van der Waals surface area contributed by atoms with Crippen LogP contribution in [-0.4, -0.2) is 294 Å². The molecule has 16 N–H and O–H groups in total. The van der Waals surface area contributed by atoms with Gasteiger partial charge in [0.2, 0.25) is 0 Å². The molecule has 0 amide bonds. The first-order valence-corrected chi connectivity index (χ1v) is 20.3. The van der Waals surface area contributed by atoms with Crippen LogP contribution in [0.2, 0.25) is 0 Å². The Labute approximate surface area is 357 Å². The van der Waals surface area contributed by atoms with Crippen LogP contribution in [0.15, 0.2) is 0 Å². The molecule has 364 valence electrons. The average Bonchev–Trinajstić information content (AvgIpc) is 3.26. The standard InChI is InChI=1S/C34H59ClO27/c35-1-2-52-3-4-53-30-24(50)26(18(44)13(8-39)54-30)59-32-25(51)27(19(45)14(9-40)56-32)60-33-29(22(48)17(43)11(6-37)57-33)62-34-28(21(47)16(42)12(7-38)58-34)61-31-23(49)20(46)15(41)10(5-36)55-31/h10-34,36-51H,1-9H2/t10?,11?,12?,13?,14?,15-,16-,17-,18-,19-,20+,21+,22+,23?,24?,25?,26+,27+,28?,29?,30+,31-,32-,33-,34-/m1/s1. The maximum atomic E-state index is 11.6. The first-order chi connectivity index (χ1) is 29.6. The molecule has 5 aliphatic heterocycles. The van der Waals surface area contributed by atoms with E-state index < -0.39 is 187 Å². The van der Waals surface area contributed by atoms with Gasteiger partial charge < -0.3 is 134 Å². The summed E-state index contributed by atoms with van der Waals surface area (Å²) >= 11 is 5.59. The van der Waals surface area contributed by atoms with Gasteiger partial charge in [0.25, 0.3) is 0 Å². The van der Waals surface area contributed by atoms with Gasteiger partial charge in [-0.2, -0.15) is 0 Å². The molecule has 0 saturated carbocycles. The number of aliphatic hydroxyl groups is 16. The molecule has 5 rings (SSSR count). The molecule has 5 fully saturated rings. The first-order valence-electron chi connectivity index (χ1n) is 19.7. The summed E-state index contributed by atoms with van der Waals surface area (Å²) in [7, 11) is 0. The van der Waals surface area contributed by atoms with Crippen molar-refractivity contribution in [1.29, 1.82) is 0 Å². The van der Waals surface area contributed by atoms with E-state index in [4.69, 9.17) is 63.7 Å². The van der Waals surface area contributed by atoms with Crippen LogP contribution >= 0.6 is 11.6 Å². The van der Waals surface area contributed by atoms with E-state index in [1.165, 1.54) is 0 Å². The van der Waals surface area contributed by atoms with Gasteiger partial charge in [0.15, 0.2) is 31.5 Å². The van der Waals surface area contributed by atoms with Crippen LogP contribution in [0.1, 0.15) is 0 Å². The van der Waals surface area contributed by atoms with Gasteiger partial charge in [0.05, 0.1) is 52.9 Å². The summed E-state index contributed by atoms with van der Waals surface area (Å²) in [6.07, 6.45) is -47.1. The van der Waals surface area contributed by atoms with Crippen LogP contribution in [0.4, 0.5) is 0 Å². The summed E-state index contributed by atoms with van der Waals surface area (Å²) < 4.78 is 61.7. The predicted molar refractivity (Wildman–Crippen MR) is 192 cm³/mol. The number of alkyl halides is 1. The molecule has 0 aromatic heterocycles. The Hall–Kier alpha value is -0.790. The quantitative estimate of drug-likeness (QED) is 0.0422. The number of hydrogen-bond acceptors (Lipinski definition) is 27. The molecule has 0 aliphatic carbocycles. The molecule has 27 nitrogen and oxygen atoms in total. The molecule has 0 aromatic carbocycles. The van der Waals surface area contributed by atoms with Gasteiger partial charge in [-0.15, -0.1) is 11.6 Å². The molecular weight excluding hydrogens is 876 g/mol. The zero-order valence-electron chi connectivity index (χ0n) is 32.8. The topological polar surface area (TPSA) is 425 Å². The fourth-order valence-electron chi connectivity index (χ4n) is 7.48. The molecule has 28 heteroatoms. The molecular formula is C34H59ClO27. The predicted octanol–water partition coefficient (Wildman–Crippen LogP) is -10.6. The van der Waals surface area contributed by atoms with Crippen LogP contribution in [-0.2, 0) is 52.1 Å². The van der Waals surface area contributed by atoms with Crippen molar-refractivity contribution in [3.8, 4) is 0 Å². The van der Waals surface area contributed by atoms with Gasteiger partial charge in [-0.25, -0.2) is 0 Å². The highest BCUT2D eigenvalue weighted by molar-refractivity contribution is 6.17. The van der Waals surface area contributed by atoms with Crippen LogP contribution in [0, 0.1) is 0 Å². The zero-order chi connectivity index (χ0) is 45.6. The van der Waals surface area contributed by atoms with Crippen LogP contribution in [0.25, 0.3) is 0 Å². The van der Waals surface area contributed by atoms with Crippen molar-refractivity contribution in [2.45, 2.75) is 154 Å². The van der Waals surface area contributed by atoms with Crippen molar-refractivity contribution in [2.75, 3.05) is 58.7 Å². The summed E-state index contributed by atoms with van der Waals surface area (Å²) in [4.78, 5) is 0. The zero-order valence-corrected chi connectivity index (χ0v) is 33.6. The van der Waals surface area contributed by atoms with Crippen molar-refractivity contribution in [3.05, 3.63) is 0 Å². The normalized spacial score (nSPS) is 49.2. The second kappa shape index (κ2) is 23.8. The summed E-state index contributed by atoms with van der Waals surface area (Å²) in [5, 5.41) is 170. The van der Waals surface area contributed by atoms with E-state index in [0.717, 1.165) is 0 Å². The van der Waals surface area contributed by atoms with E-state index in [1.807, 2.05) is 0 Å². The Morgan fingerprint density at radius 2 is 0.661 bits per heavy atom. The van der Waals surface area contributed by atoms with Gasteiger partial charge >= 0.3 is 0 Å². The third-order valence-electron chi connectivity index (χ3n) is 11.0. The van der Waals surface area contributed by atoms with Crippen molar-refractivity contribution >= 4 is 11.6 Å². The molecule has 25 atom stereocenters. The third-order valence-corrected chi connectivity index (χ3v) is 11.2. The number of ether oxygens (including phenoxy) is 11. The Kier molecular flexibility index (Phi) is 20.0. The van der Waals surface area contributed by atoms with Crippen LogP contribution in [0.5, 0.6) is 0 Å². The van der Waals surface area contributed by atoms with Gasteiger partial charge in [0.1, 0.15) is 122 Å². The van der Waals surface area contributed by atoms with E-state index in [2.05, 4.69) is 0 Å². The Bertz CT molecular complexity index is 1310. The second-order valence-electron chi connectivity index (χ2n) is 15.1. The SMILES string of the molecule is OCC1O[C@H](OC2[C@@H](OC3[C@@H](O[C@@H]4C(O)[C@@H](O[C@@H]5C(O)[C@@H](OCCOCCCl)OC(CO)[C@H]5O)OC(CO)[C@H]4O)OC(CO)[C@@H](O)[C@@H]3O)OC(CO)[C@@H](O)[C@@H]2O)C(O)[C@@H](O)[C@@H]1O. The fraction of sp³-hybridized carbons (Fsp3) is 1.00. The minimum atomic E-state index is -2.16. The molecule has 62 heavy (non-hydrogen) atoms. The number of rotatable bonds is 19. The Balaban J connectivity index is 1.39. The minimum absolute atomic E-state index is 0.0108. The molecule has 5 aliphatic rings. The first kappa shape index (κ1) is 52.2. The van der Waals surface area contributed by atoms with Crippen LogP contribution in [0.3, 0.4) is 0 Å². The van der Waals surface area contributed by atoms with Gasteiger partial charge in [0, 0.05) is 5.88 Å². The van der Waals surface area contributed by atoms with Crippen molar-refractivity contribution < 1.29 is 134 Å². The third kappa shape index (κ3) is 11.5. The van der Waals surface area contributed by atoms with Gasteiger partial charge in [-0.1, -0.05) is 0 Å². The maximum Gasteiger partial charge on any atom is 0.187 e. The smallest absolute Gasteiger partial charge is 0.187 e. The van der Waals surface area contributed by atoms with Crippen LogP contribution < -0.4 is 0 Å². The lowest BCUT2D eigenvalue weighted by molar-refractivity contribution is -0.407. The monoisotopic (exact) mass is 934 g/mol. The largest absolute Gasteiger partial charge is 0.394 e. The minimum Gasteiger partial charge on any atom is -0.394 e. The fourth-order valence-corrected chi connectivity index (χ4v) is 7.59. The van der Waals surface area contributed by atoms with Gasteiger partial charge in [-0.05, 0) is 0 Å². The lowest BCUT2D eigenvalue weighted by atomic mass is 9.95. The van der Waals surface area contributed by atoms with E-state index in [-0.39, 0.29) is 25.7 Å². The van der Waals surface area contributed by atoms with Crippen molar-refractivity contribution in [1.82, 2.24) is 0 Å². The van der Waals surface area contributed by atoms with E-state index in [1.54, 1.807) is 0 Å². The molecule has 0 bridgehead atoms. The molecule has 5 saturated heterocycles. The summed E-state index contributed by atoms with van der Waals surface area (Å²) in [6, 6.07) is 0. The van der Waals surface area contributed by atoms with Crippen molar-refractivity contribution in [2.24, 2.45) is 0 Å². The molecule has 10 unspecified atom stereocenters. The van der Waals surface area contributed by atoms with E-state index in [0.29, 0.717) is 0 Å². The van der Waals surface area contributed by atoms with E-state index in [9.17, 15) is 81.7 Å². The van der Waals surface area contributed by atoms with Gasteiger partial charge in [-0.3, -0.25) is 0 Å². The summed E-state index contributed by atoms with van der Waals surface area (Å²) in [5.74, 6) is 0.194. The maximum absolute atomic E-state index is 11.6.